The standard InChI is InChI=1S/C19H25N3O3S/c1-14(2)22-8-7-20-19(24)17(22)11-18(23)21(12-15-5-3-9-25-15)13-16-6-4-10-26-16/h3-6,9-10,14,17H,7-8,11-13H2,1-2H3,(H,20,24)/t17-/m0/s1. The number of hydrogen-bond acceptors (Lipinski definition) is 5. The predicted molar refractivity (Wildman–Crippen MR) is 101 cm³/mol. The van der Waals surface area contributed by atoms with E-state index in [2.05, 4.69) is 24.1 Å². The van der Waals surface area contributed by atoms with Gasteiger partial charge in [-0.2, -0.15) is 0 Å². The second-order valence-corrected chi connectivity index (χ2v) is 7.78. The van der Waals surface area contributed by atoms with E-state index in [1.807, 2.05) is 29.6 Å². The summed E-state index contributed by atoms with van der Waals surface area (Å²) in [6, 6.07) is 7.47. The first-order chi connectivity index (χ1) is 12.5. The average Bonchev–Trinajstić information content (AvgIpc) is 3.29. The minimum Gasteiger partial charge on any atom is -0.467 e. The molecule has 1 fully saturated rings. The highest BCUT2D eigenvalue weighted by atomic mass is 32.1. The van der Waals surface area contributed by atoms with Crippen LogP contribution in [0, 0.1) is 0 Å². The zero-order valence-corrected chi connectivity index (χ0v) is 16.0. The molecular formula is C19H25N3O3S. The van der Waals surface area contributed by atoms with Gasteiger partial charge in [0.1, 0.15) is 5.76 Å². The number of thiophene rings is 1. The third kappa shape index (κ3) is 4.53. The van der Waals surface area contributed by atoms with E-state index >= 15 is 0 Å². The molecule has 2 amide bonds. The van der Waals surface area contributed by atoms with E-state index in [1.54, 1.807) is 22.5 Å². The number of carbonyl (C=O) groups excluding carboxylic acids is 2. The molecule has 0 radical (unpaired) electrons. The van der Waals surface area contributed by atoms with Crippen LogP contribution in [0.15, 0.2) is 40.3 Å². The van der Waals surface area contributed by atoms with Gasteiger partial charge >= 0.3 is 0 Å². The maximum Gasteiger partial charge on any atom is 0.237 e. The number of nitrogens with one attached hydrogen (secondary N) is 1. The molecule has 6 nitrogen and oxygen atoms in total. The van der Waals surface area contributed by atoms with E-state index < -0.39 is 6.04 Å². The Balaban J connectivity index is 1.74. The van der Waals surface area contributed by atoms with Crippen LogP contribution in [0.1, 0.15) is 30.9 Å². The van der Waals surface area contributed by atoms with Gasteiger partial charge in [-0.05, 0) is 37.4 Å². The summed E-state index contributed by atoms with van der Waals surface area (Å²) >= 11 is 1.62. The summed E-state index contributed by atoms with van der Waals surface area (Å²) in [4.78, 5) is 30.4. The molecule has 1 saturated heterocycles. The van der Waals surface area contributed by atoms with Crippen molar-refractivity contribution in [3.8, 4) is 0 Å². The molecule has 0 bridgehead atoms. The minimum absolute atomic E-state index is 0.0394. The second kappa shape index (κ2) is 8.51. The minimum atomic E-state index is -0.418. The van der Waals surface area contributed by atoms with Crippen molar-refractivity contribution < 1.29 is 14.0 Å². The molecule has 1 N–H and O–H groups in total. The van der Waals surface area contributed by atoms with Crippen molar-refractivity contribution in [1.82, 2.24) is 15.1 Å². The van der Waals surface area contributed by atoms with Crippen molar-refractivity contribution >= 4 is 23.2 Å². The molecular weight excluding hydrogens is 350 g/mol. The Labute approximate surface area is 157 Å². The first-order valence-electron chi connectivity index (χ1n) is 8.90. The fraction of sp³-hybridized carbons (Fsp3) is 0.474. The van der Waals surface area contributed by atoms with Crippen LogP contribution in [0.3, 0.4) is 0 Å². The largest absolute Gasteiger partial charge is 0.467 e. The molecule has 2 aromatic heterocycles. The lowest BCUT2D eigenvalue weighted by Crippen LogP contribution is -2.58. The molecule has 0 unspecified atom stereocenters. The lowest BCUT2D eigenvalue weighted by Gasteiger charge is -2.38. The molecule has 1 aliphatic heterocycles. The van der Waals surface area contributed by atoms with Gasteiger partial charge in [0, 0.05) is 24.0 Å². The van der Waals surface area contributed by atoms with Crippen molar-refractivity contribution in [2.24, 2.45) is 0 Å². The van der Waals surface area contributed by atoms with Crippen LogP contribution in [-0.4, -0.2) is 46.8 Å². The SMILES string of the molecule is CC(C)N1CCNC(=O)[C@@H]1CC(=O)N(Cc1ccco1)Cc1cccs1. The van der Waals surface area contributed by atoms with Gasteiger partial charge in [-0.15, -0.1) is 11.3 Å². The van der Waals surface area contributed by atoms with Gasteiger partial charge in [-0.3, -0.25) is 14.5 Å². The molecule has 3 heterocycles. The van der Waals surface area contributed by atoms with E-state index in [1.165, 1.54) is 0 Å². The molecule has 26 heavy (non-hydrogen) atoms. The second-order valence-electron chi connectivity index (χ2n) is 6.75. The number of rotatable bonds is 7. The summed E-state index contributed by atoms with van der Waals surface area (Å²) in [5.74, 6) is 0.638. The molecule has 1 atom stereocenters. The van der Waals surface area contributed by atoms with Crippen LogP contribution in [0.2, 0.25) is 0 Å². The fourth-order valence-electron chi connectivity index (χ4n) is 3.27. The van der Waals surface area contributed by atoms with Crippen LogP contribution >= 0.6 is 11.3 Å². The number of nitrogens with zero attached hydrogens (tertiary/aromatic N) is 2. The zero-order valence-electron chi connectivity index (χ0n) is 15.2. The Hall–Kier alpha value is -2.12. The molecule has 0 aromatic carbocycles. The lowest BCUT2D eigenvalue weighted by molar-refractivity contribution is -0.140. The summed E-state index contributed by atoms with van der Waals surface area (Å²) in [6.45, 7) is 6.44. The Kier molecular flexibility index (Phi) is 6.11. The van der Waals surface area contributed by atoms with Crippen molar-refractivity contribution in [3.05, 3.63) is 46.5 Å². The van der Waals surface area contributed by atoms with Gasteiger partial charge < -0.3 is 14.6 Å². The Morgan fingerprint density at radius 2 is 2.23 bits per heavy atom. The van der Waals surface area contributed by atoms with Crippen LogP contribution < -0.4 is 5.32 Å². The summed E-state index contributed by atoms with van der Waals surface area (Å²) in [5, 5.41) is 4.88. The quantitative estimate of drug-likeness (QED) is 0.807. The monoisotopic (exact) mass is 375 g/mol. The molecule has 0 spiro atoms. The first-order valence-corrected chi connectivity index (χ1v) is 9.78. The number of carbonyl (C=O) groups is 2. The van der Waals surface area contributed by atoms with E-state index in [0.29, 0.717) is 19.6 Å². The van der Waals surface area contributed by atoms with Crippen molar-refractivity contribution in [2.75, 3.05) is 13.1 Å². The summed E-state index contributed by atoms with van der Waals surface area (Å²) < 4.78 is 5.42. The summed E-state index contributed by atoms with van der Waals surface area (Å²) in [7, 11) is 0. The third-order valence-electron chi connectivity index (χ3n) is 4.61. The van der Waals surface area contributed by atoms with Gasteiger partial charge in [0.25, 0.3) is 0 Å². The van der Waals surface area contributed by atoms with E-state index in [0.717, 1.165) is 17.2 Å². The van der Waals surface area contributed by atoms with Crippen LogP contribution in [0.4, 0.5) is 0 Å². The van der Waals surface area contributed by atoms with Crippen molar-refractivity contribution in [2.45, 2.75) is 45.4 Å². The maximum atomic E-state index is 13.1. The number of furan rings is 1. The average molecular weight is 375 g/mol. The maximum absolute atomic E-state index is 13.1. The highest BCUT2D eigenvalue weighted by molar-refractivity contribution is 7.09. The Morgan fingerprint density at radius 1 is 1.38 bits per heavy atom. The molecule has 1 aliphatic rings. The summed E-state index contributed by atoms with van der Waals surface area (Å²) in [5.41, 5.74) is 0. The molecule has 140 valence electrons. The van der Waals surface area contributed by atoms with E-state index in [-0.39, 0.29) is 24.3 Å². The highest BCUT2D eigenvalue weighted by Crippen LogP contribution is 2.19. The van der Waals surface area contributed by atoms with Crippen LogP contribution in [0.5, 0.6) is 0 Å². The molecule has 0 aliphatic carbocycles. The van der Waals surface area contributed by atoms with Gasteiger partial charge in [-0.1, -0.05) is 6.07 Å². The first kappa shape index (κ1) is 18.7. The van der Waals surface area contributed by atoms with E-state index in [9.17, 15) is 9.59 Å². The molecule has 7 heteroatoms. The molecule has 0 saturated carbocycles. The normalized spacial score (nSPS) is 18.1. The number of hydrogen-bond donors (Lipinski definition) is 1. The smallest absolute Gasteiger partial charge is 0.237 e. The van der Waals surface area contributed by atoms with Crippen molar-refractivity contribution in [1.29, 1.82) is 0 Å². The zero-order chi connectivity index (χ0) is 18.5. The Bertz CT molecular complexity index is 676. The van der Waals surface area contributed by atoms with Gasteiger partial charge in [0.05, 0.1) is 31.8 Å². The van der Waals surface area contributed by atoms with Gasteiger partial charge in [0.15, 0.2) is 0 Å². The summed E-state index contributed by atoms with van der Waals surface area (Å²) in [6.07, 6.45) is 1.79. The highest BCUT2D eigenvalue weighted by Gasteiger charge is 2.34. The number of amides is 2. The number of piperazine rings is 1. The van der Waals surface area contributed by atoms with Gasteiger partial charge in [0.2, 0.25) is 11.8 Å². The Morgan fingerprint density at radius 3 is 2.88 bits per heavy atom. The third-order valence-corrected chi connectivity index (χ3v) is 5.47. The topological polar surface area (TPSA) is 65.8 Å². The molecule has 3 rings (SSSR count). The van der Waals surface area contributed by atoms with Gasteiger partial charge in [-0.25, -0.2) is 0 Å². The predicted octanol–water partition coefficient (Wildman–Crippen LogP) is 2.47. The van der Waals surface area contributed by atoms with Crippen LogP contribution in [-0.2, 0) is 22.7 Å². The van der Waals surface area contributed by atoms with E-state index in [4.69, 9.17) is 4.42 Å². The molecule has 2 aromatic rings. The van der Waals surface area contributed by atoms with Crippen LogP contribution in [0.25, 0.3) is 0 Å². The van der Waals surface area contributed by atoms with Crippen molar-refractivity contribution in [3.63, 3.8) is 0 Å². The lowest BCUT2D eigenvalue weighted by atomic mass is 10.1. The fourth-order valence-corrected chi connectivity index (χ4v) is 3.99.